The van der Waals surface area contributed by atoms with Gasteiger partial charge in [0, 0.05) is 23.4 Å². The van der Waals surface area contributed by atoms with Crippen LogP contribution in [-0.2, 0) is 4.79 Å². The van der Waals surface area contributed by atoms with Crippen LogP contribution >= 0.6 is 11.8 Å². The molecule has 1 aliphatic rings. The van der Waals surface area contributed by atoms with Gasteiger partial charge in [-0.1, -0.05) is 29.5 Å². The zero-order valence-corrected chi connectivity index (χ0v) is 18.9. The second-order valence-electron chi connectivity index (χ2n) is 8.05. The summed E-state index contributed by atoms with van der Waals surface area (Å²) in [5.74, 6) is 0.353. The number of anilines is 1. The van der Waals surface area contributed by atoms with E-state index in [4.69, 9.17) is 4.98 Å². The number of fused-ring (bicyclic) bond motifs is 2. The molecule has 9 heteroatoms. The van der Waals surface area contributed by atoms with E-state index in [0.717, 1.165) is 11.3 Å². The molecular weight excluding hydrogens is 438 g/mol. The molecule has 1 unspecified atom stereocenters. The molecule has 0 saturated heterocycles. The van der Waals surface area contributed by atoms with Gasteiger partial charge in [-0.05, 0) is 50.2 Å². The van der Waals surface area contributed by atoms with Gasteiger partial charge in [-0.2, -0.15) is 5.10 Å². The second kappa shape index (κ2) is 8.32. The molecule has 0 saturated carbocycles. The summed E-state index contributed by atoms with van der Waals surface area (Å²) < 4.78 is 3.27. The molecule has 2 aromatic carbocycles. The molecule has 5 rings (SSSR count). The lowest BCUT2D eigenvalue weighted by atomic mass is 10.1. The van der Waals surface area contributed by atoms with Crippen LogP contribution in [0.4, 0.5) is 5.69 Å². The largest absolute Gasteiger partial charge is 0.326 e. The highest BCUT2D eigenvalue weighted by atomic mass is 32.2. The molecule has 4 aromatic rings. The number of thioether (sulfide) groups is 1. The number of nitrogens with one attached hydrogen (secondary N) is 1. The first kappa shape index (κ1) is 21.1. The van der Waals surface area contributed by atoms with Crippen molar-refractivity contribution >= 4 is 40.2 Å². The zero-order chi connectivity index (χ0) is 23.1. The zero-order valence-electron chi connectivity index (χ0n) is 18.1. The van der Waals surface area contributed by atoms with E-state index in [1.165, 1.54) is 24.9 Å². The van der Waals surface area contributed by atoms with E-state index in [1.807, 2.05) is 31.2 Å². The first-order valence-electron chi connectivity index (χ1n) is 10.5. The Balaban J connectivity index is 1.39. The molecule has 3 heterocycles. The summed E-state index contributed by atoms with van der Waals surface area (Å²) in [4.78, 5) is 42.0. The molecule has 33 heavy (non-hydrogen) atoms. The lowest BCUT2D eigenvalue weighted by Crippen LogP contribution is -2.27. The fourth-order valence-corrected chi connectivity index (χ4v) is 5.00. The van der Waals surface area contributed by atoms with E-state index >= 15 is 0 Å². The monoisotopic (exact) mass is 459 g/mol. The molecule has 1 aliphatic heterocycles. The molecule has 166 valence electrons. The Morgan fingerprint density at radius 1 is 1.12 bits per heavy atom. The van der Waals surface area contributed by atoms with Crippen LogP contribution in [0.5, 0.6) is 0 Å². The fraction of sp³-hybridized carbons (Fsp3) is 0.208. The van der Waals surface area contributed by atoms with Crippen LogP contribution in [0.25, 0.3) is 16.7 Å². The number of carbonyl (C=O) groups is 2. The van der Waals surface area contributed by atoms with Crippen molar-refractivity contribution in [2.24, 2.45) is 0 Å². The number of carbonyl (C=O) groups excluding carboxylic acids is 2. The van der Waals surface area contributed by atoms with E-state index < -0.39 is 0 Å². The molecule has 2 aromatic heterocycles. The van der Waals surface area contributed by atoms with Crippen molar-refractivity contribution in [1.29, 1.82) is 0 Å². The van der Waals surface area contributed by atoms with Crippen LogP contribution < -0.4 is 10.9 Å². The Bertz CT molecular complexity index is 1440. The number of Topliss-reactive ketones (excluding diaryl/α,β-unsaturated/α-hetero) is 1. The minimum atomic E-state index is -0.298. The van der Waals surface area contributed by atoms with Crippen LogP contribution in [0.15, 0.2) is 64.7 Å². The fourth-order valence-electron chi connectivity index (χ4n) is 3.87. The highest BCUT2D eigenvalue weighted by Gasteiger charge is 2.29. The quantitative estimate of drug-likeness (QED) is 0.360. The SMILES string of the molecule is CC(=O)c1ccc(NC(=O)CC2CSc3nc4c(cnn4-c4ccc(C)cc4)c(=O)n32)cc1. The van der Waals surface area contributed by atoms with Crippen molar-refractivity contribution < 1.29 is 9.59 Å². The number of rotatable bonds is 5. The van der Waals surface area contributed by atoms with Gasteiger partial charge >= 0.3 is 0 Å². The minimum Gasteiger partial charge on any atom is -0.326 e. The van der Waals surface area contributed by atoms with Crippen LogP contribution in [0.1, 0.15) is 35.3 Å². The third kappa shape index (κ3) is 3.95. The standard InChI is InChI=1S/C24H21N5O3S/c1-14-3-9-18(10-4-14)29-22-20(12-25-29)23(32)28-19(13-33-24(28)27-22)11-21(31)26-17-7-5-16(6-8-17)15(2)30/h3-10,12,19H,11,13H2,1-2H3,(H,26,31). The summed E-state index contributed by atoms with van der Waals surface area (Å²) in [5.41, 5.74) is 3.48. The van der Waals surface area contributed by atoms with Crippen molar-refractivity contribution in [2.45, 2.75) is 31.5 Å². The Labute approximate surface area is 193 Å². The van der Waals surface area contributed by atoms with Crippen LogP contribution in [0.3, 0.4) is 0 Å². The van der Waals surface area contributed by atoms with E-state index in [-0.39, 0.29) is 29.7 Å². The van der Waals surface area contributed by atoms with Crippen molar-refractivity contribution in [2.75, 3.05) is 11.1 Å². The number of ketones is 1. The number of nitrogens with zero attached hydrogens (tertiary/aromatic N) is 4. The summed E-state index contributed by atoms with van der Waals surface area (Å²) in [6, 6.07) is 14.3. The molecule has 1 N–H and O–H groups in total. The van der Waals surface area contributed by atoms with Crippen LogP contribution in [-0.4, -0.2) is 36.8 Å². The summed E-state index contributed by atoms with van der Waals surface area (Å²) in [7, 11) is 0. The highest BCUT2D eigenvalue weighted by molar-refractivity contribution is 7.99. The van der Waals surface area contributed by atoms with Crippen molar-refractivity contribution in [3.8, 4) is 5.69 Å². The van der Waals surface area contributed by atoms with Crippen molar-refractivity contribution in [3.05, 3.63) is 76.2 Å². The van der Waals surface area contributed by atoms with Gasteiger partial charge in [-0.3, -0.25) is 19.0 Å². The van der Waals surface area contributed by atoms with Gasteiger partial charge in [0.15, 0.2) is 16.6 Å². The Hall–Kier alpha value is -3.72. The van der Waals surface area contributed by atoms with Gasteiger partial charge in [0.1, 0.15) is 5.39 Å². The van der Waals surface area contributed by atoms with Gasteiger partial charge in [0.25, 0.3) is 5.56 Å². The smallest absolute Gasteiger partial charge is 0.265 e. The third-order valence-corrected chi connectivity index (χ3v) is 6.74. The molecule has 0 aliphatic carbocycles. The summed E-state index contributed by atoms with van der Waals surface area (Å²) in [6.45, 7) is 3.51. The van der Waals surface area contributed by atoms with Gasteiger partial charge in [-0.25, -0.2) is 9.67 Å². The third-order valence-electron chi connectivity index (χ3n) is 5.65. The lowest BCUT2D eigenvalue weighted by Gasteiger charge is -2.13. The van der Waals surface area contributed by atoms with Crippen LogP contribution in [0.2, 0.25) is 0 Å². The second-order valence-corrected chi connectivity index (χ2v) is 9.04. The number of aromatic nitrogens is 4. The van der Waals surface area contributed by atoms with Crippen LogP contribution in [0, 0.1) is 6.92 Å². The number of amides is 1. The maximum Gasteiger partial charge on any atom is 0.265 e. The normalized spacial score (nSPS) is 14.9. The van der Waals surface area contributed by atoms with E-state index in [1.54, 1.807) is 33.5 Å². The van der Waals surface area contributed by atoms with Gasteiger partial charge in [0.05, 0.1) is 17.9 Å². The molecule has 0 spiro atoms. The summed E-state index contributed by atoms with van der Waals surface area (Å²) in [6.07, 6.45) is 1.68. The maximum absolute atomic E-state index is 13.3. The van der Waals surface area contributed by atoms with Gasteiger partial charge in [0.2, 0.25) is 5.91 Å². The molecule has 1 atom stereocenters. The summed E-state index contributed by atoms with van der Waals surface area (Å²) in [5, 5.41) is 8.24. The Kier molecular flexibility index (Phi) is 5.33. The topological polar surface area (TPSA) is 98.9 Å². The number of benzene rings is 2. The molecular formula is C24H21N5O3S. The maximum atomic E-state index is 13.3. The first-order chi connectivity index (χ1) is 15.9. The molecule has 0 fully saturated rings. The molecule has 0 bridgehead atoms. The van der Waals surface area contributed by atoms with E-state index in [9.17, 15) is 14.4 Å². The average molecular weight is 460 g/mol. The number of hydrogen-bond acceptors (Lipinski definition) is 6. The highest BCUT2D eigenvalue weighted by Crippen LogP contribution is 2.33. The molecule has 8 nitrogen and oxygen atoms in total. The predicted molar refractivity (Wildman–Crippen MR) is 127 cm³/mol. The van der Waals surface area contributed by atoms with Crippen molar-refractivity contribution in [1.82, 2.24) is 19.3 Å². The summed E-state index contributed by atoms with van der Waals surface area (Å²) >= 11 is 1.46. The molecule has 1 amide bonds. The Morgan fingerprint density at radius 3 is 2.55 bits per heavy atom. The average Bonchev–Trinajstić information content (AvgIpc) is 3.40. The van der Waals surface area contributed by atoms with Gasteiger partial charge < -0.3 is 5.32 Å². The van der Waals surface area contributed by atoms with Gasteiger partial charge in [-0.15, -0.1) is 0 Å². The lowest BCUT2D eigenvalue weighted by molar-refractivity contribution is -0.116. The predicted octanol–water partition coefficient (Wildman–Crippen LogP) is 3.77. The Morgan fingerprint density at radius 2 is 1.85 bits per heavy atom. The number of hydrogen-bond donors (Lipinski definition) is 1. The minimum absolute atomic E-state index is 0.0312. The number of aryl methyl sites for hydroxylation is 1. The molecule has 0 radical (unpaired) electrons. The first-order valence-corrected chi connectivity index (χ1v) is 11.5. The van der Waals surface area contributed by atoms with E-state index in [0.29, 0.717) is 33.2 Å². The van der Waals surface area contributed by atoms with E-state index in [2.05, 4.69) is 10.4 Å². The van der Waals surface area contributed by atoms with Crippen molar-refractivity contribution in [3.63, 3.8) is 0 Å².